The lowest BCUT2D eigenvalue weighted by Gasteiger charge is -1.98. The Labute approximate surface area is 43.3 Å². The van der Waals surface area contributed by atoms with E-state index in [9.17, 15) is 0 Å². The van der Waals surface area contributed by atoms with E-state index in [0.717, 1.165) is 24.7 Å². The van der Waals surface area contributed by atoms with Crippen molar-refractivity contribution in [2.75, 3.05) is 0 Å². The van der Waals surface area contributed by atoms with Gasteiger partial charge in [-0.15, -0.1) is 0 Å². The van der Waals surface area contributed by atoms with Crippen LogP contribution >= 0.6 is 0 Å². The van der Waals surface area contributed by atoms with Crippen LogP contribution < -0.4 is 0 Å². The molecule has 2 aliphatic carbocycles. The van der Waals surface area contributed by atoms with Gasteiger partial charge in [-0.25, -0.2) is 0 Å². The topological polar surface area (TPSA) is 20.2 Å². The molecule has 0 aromatic carbocycles. The molecule has 1 heteroatoms. The van der Waals surface area contributed by atoms with E-state index in [2.05, 4.69) is 0 Å². The van der Waals surface area contributed by atoms with Crippen molar-refractivity contribution in [3.63, 3.8) is 0 Å². The Hall–Kier alpha value is -0.0400. The van der Waals surface area contributed by atoms with E-state index in [-0.39, 0.29) is 6.10 Å². The molecule has 2 fully saturated rings. The van der Waals surface area contributed by atoms with Crippen molar-refractivity contribution >= 4 is 0 Å². The first-order valence-corrected chi connectivity index (χ1v) is 3.04. The molecule has 2 aliphatic rings. The van der Waals surface area contributed by atoms with Gasteiger partial charge in [-0.05, 0) is 31.1 Å². The lowest BCUT2D eigenvalue weighted by molar-refractivity contribution is 0.168. The van der Waals surface area contributed by atoms with Crippen LogP contribution in [-0.2, 0) is 0 Å². The van der Waals surface area contributed by atoms with Crippen LogP contribution in [0.15, 0.2) is 0 Å². The molecular formula is C6H10O. The Bertz CT molecular complexity index is 80.2. The van der Waals surface area contributed by atoms with Crippen LogP contribution in [0.3, 0.4) is 0 Å². The van der Waals surface area contributed by atoms with E-state index in [1.807, 2.05) is 0 Å². The second kappa shape index (κ2) is 1.03. The molecule has 1 N–H and O–H groups in total. The molecule has 1 nitrogen and oxygen atoms in total. The summed E-state index contributed by atoms with van der Waals surface area (Å²) < 4.78 is 0. The zero-order valence-electron chi connectivity index (χ0n) is 4.30. The molecule has 0 aromatic heterocycles. The Morgan fingerprint density at radius 2 is 1.57 bits per heavy atom. The third-order valence-electron chi connectivity index (χ3n) is 2.22. The van der Waals surface area contributed by atoms with Gasteiger partial charge < -0.3 is 5.11 Å². The highest BCUT2D eigenvalue weighted by Crippen LogP contribution is 2.51. The monoisotopic (exact) mass is 98.1 g/mol. The quantitative estimate of drug-likeness (QED) is 0.474. The van der Waals surface area contributed by atoms with Gasteiger partial charge in [0, 0.05) is 0 Å². The van der Waals surface area contributed by atoms with Gasteiger partial charge in [0.2, 0.25) is 0 Å². The average molecular weight is 98.1 g/mol. The molecular weight excluding hydrogens is 88.1 g/mol. The molecule has 2 saturated carbocycles. The van der Waals surface area contributed by atoms with Crippen LogP contribution in [0.2, 0.25) is 0 Å². The van der Waals surface area contributed by atoms with Crippen LogP contribution in [0.1, 0.15) is 19.3 Å². The lowest BCUT2D eigenvalue weighted by atomic mass is 10.2. The van der Waals surface area contributed by atoms with Gasteiger partial charge in [0.25, 0.3) is 0 Å². The highest BCUT2D eigenvalue weighted by molar-refractivity contribution is 4.95. The maximum Gasteiger partial charge on any atom is 0.0545 e. The van der Waals surface area contributed by atoms with Gasteiger partial charge in [0.15, 0.2) is 0 Å². The molecule has 40 valence electrons. The number of fused-ring (bicyclic) bond motifs is 1. The third-order valence-corrected chi connectivity index (χ3v) is 2.22. The van der Waals surface area contributed by atoms with Crippen molar-refractivity contribution < 1.29 is 5.11 Å². The van der Waals surface area contributed by atoms with Crippen LogP contribution in [0.5, 0.6) is 0 Å². The van der Waals surface area contributed by atoms with Gasteiger partial charge in [0.1, 0.15) is 0 Å². The first-order chi connectivity index (χ1) is 3.36. The van der Waals surface area contributed by atoms with E-state index in [1.54, 1.807) is 0 Å². The second-order valence-electron chi connectivity index (χ2n) is 2.88. The average Bonchev–Trinajstić information content (AvgIpc) is 2.15. The van der Waals surface area contributed by atoms with Crippen LogP contribution in [0.4, 0.5) is 0 Å². The van der Waals surface area contributed by atoms with Gasteiger partial charge >= 0.3 is 0 Å². The summed E-state index contributed by atoms with van der Waals surface area (Å²) in [7, 11) is 0. The summed E-state index contributed by atoms with van der Waals surface area (Å²) in [5.41, 5.74) is 0. The molecule has 0 spiro atoms. The maximum absolute atomic E-state index is 8.93. The zero-order chi connectivity index (χ0) is 4.85. The zero-order valence-corrected chi connectivity index (χ0v) is 4.30. The molecule has 0 bridgehead atoms. The maximum atomic E-state index is 8.93. The van der Waals surface area contributed by atoms with Crippen molar-refractivity contribution in [1.82, 2.24) is 0 Å². The summed E-state index contributed by atoms with van der Waals surface area (Å²) in [6.45, 7) is 0. The lowest BCUT2D eigenvalue weighted by Crippen LogP contribution is -2.00. The summed E-state index contributed by atoms with van der Waals surface area (Å²) in [6.07, 6.45) is 3.69. The van der Waals surface area contributed by atoms with Crippen molar-refractivity contribution in [1.29, 1.82) is 0 Å². The normalized spacial score (nSPS) is 57.0. The van der Waals surface area contributed by atoms with E-state index < -0.39 is 0 Å². The Morgan fingerprint density at radius 3 is 1.86 bits per heavy atom. The van der Waals surface area contributed by atoms with E-state index in [4.69, 9.17) is 5.11 Å². The number of aliphatic hydroxyl groups is 1. The number of aliphatic hydroxyl groups excluding tert-OH is 1. The predicted molar refractivity (Wildman–Crippen MR) is 26.8 cm³/mol. The van der Waals surface area contributed by atoms with Crippen LogP contribution in [-0.4, -0.2) is 11.2 Å². The molecule has 0 aromatic rings. The van der Waals surface area contributed by atoms with Gasteiger partial charge in [0.05, 0.1) is 6.10 Å². The predicted octanol–water partition coefficient (Wildman–Crippen LogP) is 0.777. The van der Waals surface area contributed by atoms with Crippen molar-refractivity contribution in [3.8, 4) is 0 Å². The summed E-state index contributed by atoms with van der Waals surface area (Å²) in [6, 6.07) is 0. The second-order valence-corrected chi connectivity index (χ2v) is 2.88. The highest BCUT2D eigenvalue weighted by Gasteiger charge is 2.44. The molecule has 3 atom stereocenters. The highest BCUT2D eigenvalue weighted by atomic mass is 16.3. The minimum atomic E-state index is 0.0729. The molecule has 0 heterocycles. The number of hydrogen-bond acceptors (Lipinski definition) is 1. The molecule has 2 rings (SSSR count). The number of hydrogen-bond donors (Lipinski definition) is 1. The third kappa shape index (κ3) is 0.480. The van der Waals surface area contributed by atoms with Crippen LogP contribution in [0.25, 0.3) is 0 Å². The standard InChI is InChI=1S/C6H10O/c7-6-2-4-1-5(4)3-6/h4-7H,1-3H2/t4-,5?,6?/m1/s1. The van der Waals surface area contributed by atoms with E-state index >= 15 is 0 Å². The minimum absolute atomic E-state index is 0.0729. The van der Waals surface area contributed by atoms with Crippen molar-refractivity contribution in [2.24, 2.45) is 11.8 Å². The number of rotatable bonds is 0. The van der Waals surface area contributed by atoms with Crippen molar-refractivity contribution in [2.45, 2.75) is 25.4 Å². The summed E-state index contributed by atoms with van der Waals surface area (Å²) >= 11 is 0. The fourth-order valence-electron chi connectivity index (χ4n) is 1.68. The Balaban J connectivity index is 2.02. The summed E-state index contributed by atoms with van der Waals surface area (Å²) in [4.78, 5) is 0. The molecule has 0 radical (unpaired) electrons. The summed E-state index contributed by atoms with van der Waals surface area (Å²) in [5, 5.41) is 8.93. The Kier molecular flexibility index (Phi) is 0.571. The fraction of sp³-hybridized carbons (Fsp3) is 1.00. The van der Waals surface area contributed by atoms with Crippen LogP contribution in [0, 0.1) is 11.8 Å². The van der Waals surface area contributed by atoms with Crippen molar-refractivity contribution in [3.05, 3.63) is 0 Å². The molecule has 2 unspecified atom stereocenters. The smallest absolute Gasteiger partial charge is 0.0545 e. The first-order valence-electron chi connectivity index (χ1n) is 3.04. The molecule has 7 heavy (non-hydrogen) atoms. The molecule has 0 amide bonds. The first kappa shape index (κ1) is 3.90. The minimum Gasteiger partial charge on any atom is -0.393 e. The SMILES string of the molecule is OC1CC2C[C@@H]2C1. The van der Waals surface area contributed by atoms with E-state index in [0.29, 0.717) is 0 Å². The fourth-order valence-corrected chi connectivity index (χ4v) is 1.68. The van der Waals surface area contributed by atoms with Gasteiger partial charge in [-0.2, -0.15) is 0 Å². The van der Waals surface area contributed by atoms with Gasteiger partial charge in [-0.1, -0.05) is 0 Å². The van der Waals surface area contributed by atoms with Gasteiger partial charge in [-0.3, -0.25) is 0 Å². The Morgan fingerprint density at radius 1 is 1.00 bits per heavy atom. The molecule has 0 saturated heterocycles. The molecule has 0 aliphatic heterocycles. The largest absolute Gasteiger partial charge is 0.393 e. The van der Waals surface area contributed by atoms with E-state index in [1.165, 1.54) is 6.42 Å². The summed E-state index contributed by atoms with van der Waals surface area (Å²) in [5.74, 6) is 1.88.